The maximum Gasteiger partial charge on any atom is 0.223 e. The highest BCUT2D eigenvalue weighted by atomic mass is 32.1. The van der Waals surface area contributed by atoms with Crippen LogP contribution in [-0.2, 0) is 4.79 Å². The van der Waals surface area contributed by atoms with Crippen LogP contribution in [0.1, 0.15) is 64.0 Å². The number of anilines is 1. The van der Waals surface area contributed by atoms with Gasteiger partial charge in [0.05, 0.1) is 5.69 Å². The molecule has 1 fully saturated rings. The Labute approximate surface area is 113 Å². The van der Waals surface area contributed by atoms with E-state index in [0.717, 1.165) is 5.13 Å². The number of carbonyl (C=O) groups is 1. The lowest BCUT2D eigenvalue weighted by molar-refractivity contribution is -0.114. The number of amides is 1. The maximum atomic E-state index is 11.0. The van der Waals surface area contributed by atoms with Crippen molar-refractivity contribution in [3.05, 3.63) is 11.1 Å². The summed E-state index contributed by atoms with van der Waals surface area (Å²) in [6.45, 7) is 3.87. The highest BCUT2D eigenvalue weighted by Crippen LogP contribution is 2.36. The van der Waals surface area contributed by atoms with Crippen molar-refractivity contribution in [2.45, 2.75) is 58.3 Å². The Balaban J connectivity index is 2.07. The van der Waals surface area contributed by atoms with Gasteiger partial charge in [-0.05, 0) is 12.3 Å². The topological polar surface area (TPSA) is 42.0 Å². The van der Waals surface area contributed by atoms with Crippen LogP contribution in [0, 0.1) is 5.92 Å². The van der Waals surface area contributed by atoms with Gasteiger partial charge in [0, 0.05) is 18.2 Å². The van der Waals surface area contributed by atoms with Crippen LogP contribution < -0.4 is 5.32 Å². The van der Waals surface area contributed by atoms with Crippen molar-refractivity contribution >= 4 is 22.4 Å². The molecule has 1 aromatic heterocycles. The highest BCUT2D eigenvalue weighted by Gasteiger charge is 2.23. The van der Waals surface area contributed by atoms with E-state index in [1.54, 1.807) is 11.3 Å². The van der Waals surface area contributed by atoms with E-state index in [1.165, 1.54) is 51.1 Å². The molecule has 0 aliphatic heterocycles. The number of rotatable bonds is 2. The molecule has 1 aromatic rings. The summed E-state index contributed by atoms with van der Waals surface area (Å²) in [6.07, 6.45) is 7.93. The fraction of sp³-hybridized carbons (Fsp3) is 0.714. The van der Waals surface area contributed by atoms with Gasteiger partial charge < -0.3 is 5.32 Å². The Morgan fingerprint density at radius 3 is 2.78 bits per heavy atom. The van der Waals surface area contributed by atoms with E-state index in [1.807, 2.05) is 0 Å². The van der Waals surface area contributed by atoms with E-state index in [9.17, 15) is 4.79 Å². The van der Waals surface area contributed by atoms with Crippen molar-refractivity contribution in [3.8, 4) is 0 Å². The minimum atomic E-state index is -0.0402. The van der Waals surface area contributed by atoms with E-state index in [4.69, 9.17) is 0 Å². The first-order valence-corrected chi connectivity index (χ1v) is 7.78. The monoisotopic (exact) mass is 266 g/mol. The van der Waals surface area contributed by atoms with Crippen molar-refractivity contribution in [1.29, 1.82) is 0 Å². The zero-order valence-corrected chi connectivity index (χ0v) is 12.1. The quantitative estimate of drug-likeness (QED) is 0.872. The minimum Gasteiger partial charge on any atom is -0.302 e. The molecule has 1 aliphatic carbocycles. The van der Waals surface area contributed by atoms with Gasteiger partial charge in [0.2, 0.25) is 5.91 Å². The van der Waals surface area contributed by atoms with Gasteiger partial charge in [-0.2, -0.15) is 0 Å². The average Bonchev–Trinajstić information content (AvgIpc) is 2.71. The van der Waals surface area contributed by atoms with E-state index >= 15 is 0 Å². The molecule has 1 aliphatic rings. The molecule has 4 heteroatoms. The van der Waals surface area contributed by atoms with Gasteiger partial charge >= 0.3 is 0 Å². The van der Waals surface area contributed by atoms with Gasteiger partial charge in [0.15, 0.2) is 5.13 Å². The van der Waals surface area contributed by atoms with Gasteiger partial charge in [0.1, 0.15) is 0 Å². The van der Waals surface area contributed by atoms with Crippen molar-refractivity contribution in [2.24, 2.45) is 5.92 Å². The highest BCUT2D eigenvalue weighted by molar-refractivity contribution is 7.13. The zero-order valence-electron chi connectivity index (χ0n) is 11.2. The molecule has 0 bridgehead atoms. The molecule has 0 saturated heterocycles. The Kier molecular flexibility index (Phi) is 4.75. The molecular formula is C14H22N2OS. The first kappa shape index (κ1) is 13.5. The molecule has 3 nitrogen and oxygen atoms in total. The summed E-state index contributed by atoms with van der Waals surface area (Å²) in [5.41, 5.74) is 1.18. The van der Waals surface area contributed by atoms with Crippen molar-refractivity contribution in [2.75, 3.05) is 5.32 Å². The lowest BCUT2D eigenvalue weighted by Crippen LogP contribution is -2.13. The fourth-order valence-electron chi connectivity index (χ4n) is 2.77. The van der Waals surface area contributed by atoms with Crippen molar-refractivity contribution in [1.82, 2.24) is 4.98 Å². The van der Waals surface area contributed by atoms with Crippen LogP contribution in [0.4, 0.5) is 5.13 Å². The maximum absolute atomic E-state index is 11.0. The molecule has 0 spiro atoms. The number of hydrogen-bond donors (Lipinski definition) is 1. The smallest absolute Gasteiger partial charge is 0.223 e. The Hall–Kier alpha value is -0.900. The molecule has 0 radical (unpaired) electrons. The molecule has 2 rings (SSSR count). The summed E-state index contributed by atoms with van der Waals surface area (Å²) in [7, 11) is 0. The number of hydrogen-bond acceptors (Lipinski definition) is 3. The lowest BCUT2D eigenvalue weighted by atomic mass is 9.81. The number of aromatic nitrogens is 1. The summed E-state index contributed by atoms with van der Waals surface area (Å²) in [6, 6.07) is 0. The second-order valence-corrected chi connectivity index (χ2v) is 6.19. The third-order valence-corrected chi connectivity index (χ3v) is 4.57. The molecule has 2 atom stereocenters. The van der Waals surface area contributed by atoms with Crippen LogP contribution in [-0.4, -0.2) is 10.9 Å². The van der Waals surface area contributed by atoms with Crippen molar-refractivity contribution < 1.29 is 4.79 Å². The van der Waals surface area contributed by atoms with Gasteiger partial charge in [-0.15, -0.1) is 11.3 Å². The molecule has 1 heterocycles. The van der Waals surface area contributed by atoms with E-state index in [-0.39, 0.29) is 5.91 Å². The molecule has 100 valence electrons. The van der Waals surface area contributed by atoms with Crippen LogP contribution in [0.2, 0.25) is 0 Å². The molecule has 1 amide bonds. The zero-order chi connectivity index (χ0) is 13.0. The SMILES string of the molecule is CC(=O)Nc1nc(C2CCCCCCC2C)cs1. The first-order chi connectivity index (χ1) is 8.66. The average molecular weight is 266 g/mol. The largest absolute Gasteiger partial charge is 0.302 e. The third kappa shape index (κ3) is 3.55. The summed E-state index contributed by atoms with van der Waals surface area (Å²) >= 11 is 1.54. The summed E-state index contributed by atoms with van der Waals surface area (Å²) in [5.74, 6) is 1.24. The number of nitrogens with zero attached hydrogens (tertiary/aromatic N) is 1. The summed E-state index contributed by atoms with van der Waals surface area (Å²) < 4.78 is 0. The van der Waals surface area contributed by atoms with Crippen LogP contribution in [0.25, 0.3) is 0 Å². The lowest BCUT2D eigenvalue weighted by Gasteiger charge is -2.24. The molecule has 2 unspecified atom stereocenters. The van der Waals surface area contributed by atoms with E-state index < -0.39 is 0 Å². The molecular weight excluding hydrogens is 244 g/mol. The van der Waals surface area contributed by atoms with E-state index in [0.29, 0.717) is 11.8 Å². The predicted octanol–water partition coefficient (Wildman–Crippen LogP) is 4.18. The molecule has 1 saturated carbocycles. The van der Waals surface area contributed by atoms with Gasteiger partial charge in [0.25, 0.3) is 0 Å². The molecule has 0 aromatic carbocycles. The van der Waals surface area contributed by atoms with E-state index in [2.05, 4.69) is 22.6 Å². The number of carbonyl (C=O) groups excluding carboxylic acids is 1. The Morgan fingerprint density at radius 2 is 2.06 bits per heavy atom. The second kappa shape index (κ2) is 6.32. The van der Waals surface area contributed by atoms with Gasteiger partial charge in [-0.3, -0.25) is 4.79 Å². The summed E-state index contributed by atoms with van der Waals surface area (Å²) in [4.78, 5) is 15.6. The Morgan fingerprint density at radius 1 is 1.33 bits per heavy atom. The summed E-state index contributed by atoms with van der Waals surface area (Å²) in [5, 5.41) is 5.64. The van der Waals surface area contributed by atoms with Crippen molar-refractivity contribution in [3.63, 3.8) is 0 Å². The third-order valence-electron chi connectivity index (χ3n) is 3.80. The fourth-order valence-corrected chi connectivity index (χ4v) is 3.59. The predicted molar refractivity (Wildman–Crippen MR) is 76.0 cm³/mol. The van der Waals surface area contributed by atoms with Gasteiger partial charge in [-0.25, -0.2) is 4.98 Å². The van der Waals surface area contributed by atoms with Crippen LogP contribution in [0.3, 0.4) is 0 Å². The molecule has 1 N–H and O–H groups in total. The van der Waals surface area contributed by atoms with Crippen LogP contribution >= 0.6 is 11.3 Å². The van der Waals surface area contributed by atoms with Gasteiger partial charge in [-0.1, -0.05) is 39.0 Å². The van der Waals surface area contributed by atoms with Crippen LogP contribution in [0.15, 0.2) is 5.38 Å². The normalized spacial score (nSPS) is 25.2. The minimum absolute atomic E-state index is 0.0402. The number of nitrogens with one attached hydrogen (secondary N) is 1. The standard InChI is InChI=1S/C14H22N2OS/c1-10-7-5-3-4-6-8-12(10)13-9-18-14(16-13)15-11(2)17/h9-10,12H,3-8H2,1-2H3,(H,15,16,17). The Bertz CT molecular complexity index is 402. The molecule has 18 heavy (non-hydrogen) atoms. The second-order valence-electron chi connectivity index (χ2n) is 5.33. The first-order valence-electron chi connectivity index (χ1n) is 6.90. The number of thiazole rings is 1. The van der Waals surface area contributed by atoms with Crippen LogP contribution in [0.5, 0.6) is 0 Å².